The first-order valence-corrected chi connectivity index (χ1v) is 6.20. The van der Waals surface area contributed by atoms with Gasteiger partial charge in [-0.1, -0.05) is 18.2 Å². The lowest BCUT2D eigenvalue weighted by atomic mass is 10.0. The molecular formula is C12H16N6O. The van der Waals surface area contributed by atoms with Crippen LogP contribution in [0.15, 0.2) is 24.3 Å². The third-order valence-electron chi connectivity index (χ3n) is 3.29. The van der Waals surface area contributed by atoms with Crippen LogP contribution in [0.4, 0.5) is 0 Å². The van der Waals surface area contributed by atoms with Crippen molar-refractivity contribution in [1.29, 1.82) is 0 Å². The van der Waals surface area contributed by atoms with Crippen LogP contribution in [0, 0.1) is 0 Å². The summed E-state index contributed by atoms with van der Waals surface area (Å²) in [6.45, 7) is 0. The Morgan fingerprint density at radius 2 is 2.37 bits per heavy atom. The summed E-state index contributed by atoms with van der Waals surface area (Å²) in [4.78, 5) is 1.44. The second-order valence-corrected chi connectivity index (χ2v) is 4.64. The molecule has 7 heteroatoms. The minimum absolute atomic E-state index is 0.00814. The maximum absolute atomic E-state index is 5.91. The van der Waals surface area contributed by atoms with E-state index in [0.717, 1.165) is 12.2 Å². The van der Waals surface area contributed by atoms with Crippen molar-refractivity contribution in [3.05, 3.63) is 35.7 Å². The van der Waals surface area contributed by atoms with Gasteiger partial charge >= 0.3 is 0 Å². The summed E-state index contributed by atoms with van der Waals surface area (Å²) in [7, 11) is 1.74. The number of nitrogens with one attached hydrogen (secondary N) is 1. The molecule has 0 spiro atoms. The lowest BCUT2D eigenvalue weighted by Crippen LogP contribution is -2.47. The zero-order chi connectivity index (χ0) is 13.2. The number of hydrazine groups is 1. The first-order chi connectivity index (χ1) is 9.26. The molecule has 3 rings (SSSR count). The van der Waals surface area contributed by atoms with Crippen molar-refractivity contribution in [3.63, 3.8) is 0 Å². The third kappa shape index (κ3) is 2.42. The van der Waals surface area contributed by atoms with Crippen molar-refractivity contribution < 1.29 is 4.74 Å². The van der Waals surface area contributed by atoms with Crippen LogP contribution in [-0.4, -0.2) is 32.4 Å². The fraction of sp³-hybridized carbons (Fsp3) is 0.417. The molecule has 7 nitrogen and oxygen atoms in total. The monoisotopic (exact) mass is 260 g/mol. The Balaban J connectivity index is 1.71. The molecule has 2 atom stereocenters. The average molecular weight is 260 g/mol. The Labute approximate surface area is 110 Å². The van der Waals surface area contributed by atoms with Crippen molar-refractivity contribution in [2.24, 2.45) is 12.9 Å². The number of para-hydroxylation sites is 1. The van der Waals surface area contributed by atoms with Crippen LogP contribution in [-0.2, 0) is 19.9 Å². The Morgan fingerprint density at radius 3 is 3.05 bits per heavy atom. The van der Waals surface area contributed by atoms with Crippen molar-refractivity contribution in [3.8, 4) is 5.75 Å². The van der Waals surface area contributed by atoms with Gasteiger partial charge in [0.15, 0.2) is 5.82 Å². The van der Waals surface area contributed by atoms with Gasteiger partial charge in [-0.2, -0.15) is 4.80 Å². The number of benzene rings is 1. The zero-order valence-electron chi connectivity index (χ0n) is 10.7. The number of hydrogen-bond acceptors (Lipinski definition) is 6. The van der Waals surface area contributed by atoms with E-state index in [-0.39, 0.29) is 12.1 Å². The van der Waals surface area contributed by atoms with Crippen LogP contribution < -0.4 is 16.0 Å². The number of aryl methyl sites for hydroxylation is 1. The van der Waals surface area contributed by atoms with E-state index in [4.69, 9.17) is 10.6 Å². The van der Waals surface area contributed by atoms with Gasteiger partial charge in [0.2, 0.25) is 0 Å². The Hall–Kier alpha value is -1.99. The summed E-state index contributed by atoms with van der Waals surface area (Å²) in [5.41, 5.74) is 4.00. The van der Waals surface area contributed by atoms with Crippen molar-refractivity contribution in [1.82, 2.24) is 25.6 Å². The smallest absolute Gasteiger partial charge is 0.176 e. The highest BCUT2D eigenvalue weighted by Crippen LogP contribution is 2.29. The predicted molar refractivity (Wildman–Crippen MR) is 68.2 cm³/mol. The lowest BCUT2D eigenvalue weighted by molar-refractivity contribution is 0.176. The highest BCUT2D eigenvalue weighted by Gasteiger charge is 2.30. The first kappa shape index (κ1) is 12.1. The molecule has 2 unspecified atom stereocenters. The minimum atomic E-state index is -0.0448. The molecule has 2 aromatic rings. The van der Waals surface area contributed by atoms with E-state index in [0.29, 0.717) is 12.2 Å². The Morgan fingerprint density at radius 1 is 1.53 bits per heavy atom. The summed E-state index contributed by atoms with van der Waals surface area (Å²) in [6.07, 6.45) is 1.42. The molecule has 1 aromatic heterocycles. The molecule has 19 heavy (non-hydrogen) atoms. The summed E-state index contributed by atoms with van der Waals surface area (Å²) in [5, 5.41) is 12.0. The summed E-state index contributed by atoms with van der Waals surface area (Å²) in [6, 6.07) is 7.99. The number of aromatic nitrogens is 4. The molecule has 0 saturated carbocycles. The van der Waals surface area contributed by atoms with E-state index in [2.05, 4.69) is 26.9 Å². The molecule has 0 amide bonds. The van der Waals surface area contributed by atoms with E-state index in [1.54, 1.807) is 7.05 Å². The highest BCUT2D eigenvalue weighted by atomic mass is 16.5. The molecule has 100 valence electrons. The predicted octanol–water partition coefficient (Wildman–Crippen LogP) is -0.412. The molecule has 1 aliphatic heterocycles. The van der Waals surface area contributed by atoms with E-state index < -0.39 is 0 Å². The standard InChI is InChI=1S/C12H16N6O/c1-18-16-12(15-17-18)7-9(14-13)11-6-8-4-2-3-5-10(8)19-11/h2-5,9,11,14H,6-7,13H2,1H3. The Bertz CT molecular complexity index is 544. The van der Waals surface area contributed by atoms with Gasteiger partial charge in [0.25, 0.3) is 0 Å². The summed E-state index contributed by atoms with van der Waals surface area (Å²) in [5.74, 6) is 7.22. The Kier molecular flexibility index (Phi) is 3.14. The van der Waals surface area contributed by atoms with Crippen LogP contribution in [0.5, 0.6) is 5.75 Å². The van der Waals surface area contributed by atoms with Gasteiger partial charge in [-0.05, 0) is 16.8 Å². The van der Waals surface area contributed by atoms with E-state index >= 15 is 0 Å². The largest absolute Gasteiger partial charge is 0.488 e. The van der Waals surface area contributed by atoms with Crippen LogP contribution in [0.25, 0.3) is 0 Å². The van der Waals surface area contributed by atoms with Crippen LogP contribution in [0.3, 0.4) is 0 Å². The van der Waals surface area contributed by atoms with E-state index in [1.807, 2.05) is 18.2 Å². The van der Waals surface area contributed by atoms with Crippen molar-refractivity contribution in [2.45, 2.75) is 25.0 Å². The molecule has 3 N–H and O–H groups in total. The zero-order valence-corrected chi connectivity index (χ0v) is 10.7. The SMILES string of the molecule is Cn1nnc(CC(NN)C2Cc3ccccc3O2)n1. The number of nitrogens with zero attached hydrogens (tertiary/aromatic N) is 4. The third-order valence-corrected chi connectivity index (χ3v) is 3.29. The average Bonchev–Trinajstić information content (AvgIpc) is 3.01. The number of nitrogens with two attached hydrogens (primary N) is 1. The van der Waals surface area contributed by atoms with Crippen molar-refractivity contribution in [2.75, 3.05) is 0 Å². The molecule has 0 bridgehead atoms. The molecule has 0 aliphatic carbocycles. The lowest BCUT2D eigenvalue weighted by Gasteiger charge is -2.21. The molecule has 0 saturated heterocycles. The van der Waals surface area contributed by atoms with Crippen LogP contribution >= 0.6 is 0 Å². The van der Waals surface area contributed by atoms with Crippen molar-refractivity contribution >= 4 is 0 Å². The minimum Gasteiger partial charge on any atom is -0.488 e. The topological polar surface area (TPSA) is 90.9 Å². The van der Waals surface area contributed by atoms with Gasteiger partial charge < -0.3 is 4.74 Å². The molecule has 2 heterocycles. The quantitative estimate of drug-likeness (QED) is 0.573. The molecule has 0 fully saturated rings. The fourth-order valence-corrected chi connectivity index (χ4v) is 2.33. The molecule has 1 aliphatic rings. The van der Waals surface area contributed by atoms with Gasteiger partial charge in [0.1, 0.15) is 11.9 Å². The number of ether oxygens (including phenoxy) is 1. The second kappa shape index (κ2) is 4.94. The fourth-order valence-electron chi connectivity index (χ4n) is 2.33. The van der Waals surface area contributed by atoms with Crippen LogP contribution in [0.1, 0.15) is 11.4 Å². The summed E-state index contributed by atoms with van der Waals surface area (Å²) < 4.78 is 5.91. The summed E-state index contributed by atoms with van der Waals surface area (Å²) >= 11 is 0. The maximum Gasteiger partial charge on any atom is 0.176 e. The first-order valence-electron chi connectivity index (χ1n) is 6.20. The van der Waals surface area contributed by atoms with Gasteiger partial charge in [0.05, 0.1) is 13.1 Å². The molecule has 0 radical (unpaired) electrons. The van der Waals surface area contributed by atoms with Gasteiger partial charge in [-0.15, -0.1) is 10.2 Å². The van der Waals surface area contributed by atoms with Gasteiger partial charge in [-0.25, -0.2) is 0 Å². The molecule has 1 aromatic carbocycles. The number of tetrazole rings is 1. The van der Waals surface area contributed by atoms with E-state index in [1.165, 1.54) is 10.4 Å². The number of fused-ring (bicyclic) bond motifs is 1. The molecular weight excluding hydrogens is 244 g/mol. The second-order valence-electron chi connectivity index (χ2n) is 4.64. The van der Waals surface area contributed by atoms with Crippen LogP contribution in [0.2, 0.25) is 0 Å². The van der Waals surface area contributed by atoms with Gasteiger partial charge in [0, 0.05) is 12.8 Å². The van der Waals surface area contributed by atoms with E-state index in [9.17, 15) is 0 Å². The number of hydrogen-bond donors (Lipinski definition) is 2. The normalized spacial score (nSPS) is 18.9. The maximum atomic E-state index is 5.91. The number of rotatable bonds is 4. The highest BCUT2D eigenvalue weighted by molar-refractivity contribution is 5.37. The van der Waals surface area contributed by atoms with Gasteiger partial charge in [-0.3, -0.25) is 11.3 Å².